The molecular formula is C6H15N3O3S. The molecule has 0 spiro atoms. The molecule has 4 N–H and O–H groups in total. The Bertz CT molecular complexity index is 260. The molecule has 0 fully saturated rings. The zero-order chi connectivity index (χ0) is 10.5. The van der Waals surface area contributed by atoms with Crippen LogP contribution in [0.15, 0.2) is 0 Å². The van der Waals surface area contributed by atoms with Crippen molar-refractivity contribution in [2.24, 2.45) is 5.14 Å². The number of nitrogens with two attached hydrogens (primary N) is 1. The first-order valence-corrected chi connectivity index (χ1v) is 5.42. The van der Waals surface area contributed by atoms with E-state index in [-0.39, 0.29) is 24.9 Å². The number of hydrogen-bond acceptors (Lipinski definition) is 3. The highest BCUT2D eigenvalue weighted by molar-refractivity contribution is 7.87. The van der Waals surface area contributed by atoms with E-state index in [1.807, 2.05) is 18.6 Å². The fourth-order valence-electron chi connectivity index (χ4n) is 0.701. The molecule has 0 aromatic heterocycles. The van der Waals surface area contributed by atoms with Crippen molar-refractivity contribution in [3.8, 4) is 0 Å². The van der Waals surface area contributed by atoms with Crippen LogP contribution in [-0.4, -0.2) is 26.9 Å². The minimum Gasteiger partial charge on any atom is -0.354 e. The van der Waals surface area contributed by atoms with Crippen molar-refractivity contribution in [1.29, 1.82) is 0 Å². The second-order valence-corrected chi connectivity index (χ2v) is 4.29. The average molecular weight is 209 g/mol. The van der Waals surface area contributed by atoms with Gasteiger partial charge in [-0.25, -0.2) is 9.86 Å². The summed E-state index contributed by atoms with van der Waals surface area (Å²) >= 11 is 0. The van der Waals surface area contributed by atoms with Crippen LogP contribution in [0, 0.1) is 0 Å². The Morgan fingerprint density at radius 2 is 2.00 bits per heavy atom. The van der Waals surface area contributed by atoms with E-state index in [1.54, 1.807) is 0 Å². The summed E-state index contributed by atoms with van der Waals surface area (Å²) in [6.45, 7) is 3.67. The van der Waals surface area contributed by atoms with Gasteiger partial charge in [-0.05, 0) is 13.8 Å². The quantitative estimate of drug-likeness (QED) is 0.524. The Morgan fingerprint density at radius 3 is 2.38 bits per heavy atom. The van der Waals surface area contributed by atoms with Gasteiger partial charge in [0.2, 0.25) is 5.91 Å². The standard InChI is InChI=1S/C6H15N3O3S/c1-5(2)9-6(10)3-4-8-13(7,11)12/h5,8H,3-4H2,1-2H3,(H,9,10)(H2,7,11,12). The lowest BCUT2D eigenvalue weighted by Crippen LogP contribution is -2.36. The number of carbonyl (C=O) groups is 1. The summed E-state index contributed by atoms with van der Waals surface area (Å²) in [5.74, 6) is -0.203. The van der Waals surface area contributed by atoms with E-state index in [9.17, 15) is 13.2 Å². The maximum absolute atomic E-state index is 11.0. The first kappa shape index (κ1) is 12.3. The van der Waals surface area contributed by atoms with E-state index in [4.69, 9.17) is 0 Å². The van der Waals surface area contributed by atoms with Gasteiger partial charge < -0.3 is 5.32 Å². The zero-order valence-corrected chi connectivity index (χ0v) is 8.52. The van der Waals surface area contributed by atoms with Crippen LogP contribution in [0.1, 0.15) is 20.3 Å². The molecule has 0 aromatic rings. The van der Waals surface area contributed by atoms with Crippen LogP contribution in [0.3, 0.4) is 0 Å². The second-order valence-electron chi connectivity index (χ2n) is 2.91. The van der Waals surface area contributed by atoms with Crippen LogP contribution < -0.4 is 15.2 Å². The monoisotopic (exact) mass is 209 g/mol. The molecule has 1 amide bonds. The predicted molar refractivity (Wildman–Crippen MR) is 49.0 cm³/mol. The molecule has 0 aliphatic carbocycles. The third kappa shape index (κ3) is 9.25. The molecule has 78 valence electrons. The number of hydrogen-bond donors (Lipinski definition) is 3. The summed E-state index contributed by atoms with van der Waals surface area (Å²) in [5.41, 5.74) is 0. The molecule has 0 aliphatic heterocycles. The third-order valence-electron chi connectivity index (χ3n) is 1.10. The Hall–Kier alpha value is -0.660. The number of nitrogens with one attached hydrogen (secondary N) is 2. The maximum Gasteiger partial charge on any atom is 0.274 e. The molecule has 6 nitrogen and oxygen atoms in total. The van der Waals surface area contributed by atoms with E-state index in [0.29, 0.717) is 0 Å². The molecular weight excluding hydrogens is 194 g/mol. The van der Waals surface area contributed by atoms with Crippen LogP contribution >= 0.6 is 0 Å². The van der Waals surface area contributed by atoms with Crippen molar-refractivity contribution < 1.29 is 13.2 Å². The number of amides is 1. The van der Waals surface area contributed by atoms with Gasteiger partial charge in [0.05, 0.1) is 0 Å². The van der Waals surface area contributed by atoms with Crippen molar-refractivity contribution in [3.05, 3.63) is 0 Å². The van der Waals surface area contributed by atoms with E-state index in [2.05, 4.69) is 10.5 Å². The molecule has 0 saturated heterocycles. The summed E-state index contributed by atoms with van der Waals surface area (Å²) in [5, 5.41) is 7.27. The van der Waals surface area contributed by atoms with E-state index >= 15 is 0 Å². The van der Waals surface area contributed by atoms with Gasteiger partial charge in [-0.2, -0.15) is 8.42 Å². The topological polar surface area (TPSA) is 101 Å². The first-order valence-electron chi connectivity index (χ1n) is 3.88. The van der Waals surface area contributed by atoms with E-state index in [1.165, 1.54) is 0 Å². The van der Waals surface area contributed by atoms with Crippen LogP contribution in [0.2, 0.25) is 0 Å². The van der Waals surface area contributed by atoms with Gasteiger partial charge in [-0.15, -0.1) is 0 Å². The second kappa shape index (κ2) is 5.15. The molecule has 0 bridgehead atoms. The number of rotatable bonds is 5. The third-order valence-corrected chi connectivity index (χ3v) is 1.71. The fraction of sp³-hybridized carbons (Fsp3) is 0.833. The van der Waals surface area contributed by atoms with Gasteiger partial charge in [0.1, 0.15) is 0 Å². The molecule has 13 heavy (non-hydrogen) atoms. The molecule has 0 aliphatic rings. The van der Waals surface area contributed by atoms with Crippen molar-refractivity contribution >= 4 is 16.1 Å². The minimum absolute atomic E-state index is 0.0252. The summed E-state index contributed by atoms with van der Waals surface area (Å²) < 4.78 is 22.8. The van der Waals surface area contributed by atoms with Crippen molar-refractivity contribution in [1.82, 2.24) is 10.0 Å². The Kier molecular flexibility index (Phi) is 4.89. The molecule has 0 aromatic carbocycles. The molecule has 0 heterocycles. The van der Waals surface area contributed by atoms with Crippen molar-refractivity contribution in [3.63, 3.8) is 0 Å². The summed E-state index contributed by atoms with van der Waals surface area (Å²) in [7, 11) is -3.68. The van der Waals surface area contributed by atoms with Gasteiger partial charge in [0.15, 0.2) is 0 Å². The SMILES string of the molecule is CC(C)NC(=O)CCNS(N)(=O)=O. The summed E-state index contributed by atoms with van der Waals surface area (Å²) in [4.78, 5) is 11.0. The Labute approximate surface area is 78.1 Å². The van der Waals surface area contributed by atoms with E-state index < -0.39 is 10.2 Å². The highest BCUT2D eigenvalue weighted by Crippen LogP contribution is 1.82. The Morgan fingerprint density at radius 1 is 1.46 bits per heavy atom. The molecule has 0 unspecified atom stereocenters. The van der Waals surface area contributed by atoms with Crippen LogP contribution in [0.4, 0.5) is 0 Å². The molecule has 0 saturated carbocycles. The van der Waals surface area contributed by atoms with Gasteiger partial charge in [0, 0.05) is 19.0 Å². The lowest BCUT2D eigenvalue weighted by atomic mass is 10.3. The summed E-state index contributed by atoms with van der Waals surface area (Å²) in [6, 6.07) is 0.0574. The Balaban J connectivity index is 3.61. The average Bonchev–Trinajstić information content (AvgIpc) is 1.81. The molecule has 0 atom stereocenters. The smallest absolute Gasteiger partial charge is 0.274 e. The highest BCUT2D eigenvalue weighted by atomic mass is 32.2. The van der Waals surface area contributed by atoms with Gasteiger partial charge in [-0.3, -0.25) is 4.79 Å². The fourth-order valence-corrected chi connectivity index (χ4v) is 1.09. The summed E-state index contributed by atoms with van der Waals surface area (Å²) in [6.07, 6.45) is 0.0919. The van der Waals surface area contributed by atoms with Crippen molar-refractivity contribution in [2.45, 2.75) is 26.3 Å². The van der Waals surface area contributed by atoms with Gasteiger partial charge in [-0.1, -0.05) is 0 Å². The molecule has 7 heteroatoms. The minimum atomic E-state index is -3.68. The van der Waals surface area contributed by atoms with E-state index in [0.717, 1.165) is 0 Å². The maximum atomic E-state index is 11.0. The largest absolute Gasteiger partial charge is 0.354 e. The van der Waals surface area contributed by atoms with Crippen LogP contribution in [0.5, 0.6) is 0 Å². The van der Waals surface area contributed by atoms with Gasteiger partial charge >= 0.3 is 0 Å². The highest BCUT2D eigenvalue weighted by Gasteiger charge is 2.05. The lowest BCUT2D eigenvalue weighted by Gasteiger charge is -2.07. The predicted octanol–water partition coefficient (Wildman–Crippen LogP) is -1.31. The molecule has 0 rings (SSSR count). The normalized spacial score (nSPS) is 11.7. The number of carbonyl (C=O) groups excluding carboxylic acids is 1. The lowest BCUT2D eigenvalue weighted by molar-refractivity contribution is -0.121. The van der Waals surface area contributed by atoms with Gasteiger partial charge in [0.25, 0.3) is 10.2 Å². The molecule has 0 radical (unpaired) electrons. The van der Waals surface area contributed by atoms with Crippen molar-refractivity contribution in [2.75, 3.05) is 6.54 Å². The first-order chi connectivity index (χ1) is 5.81. The van der Waals surface area contributed by atoms with Crippen LogP contribution in [-0.2, 0) is 15.0 Å². The zero-order valence-electron chi connectivity index (χ0n) is 7.70. The van der Waals surface area contributed by atoms with Crippen LogP contribution in [0.25, 0.3) is 0 Å².